The summed E-state index contributed by atoms with van der Waals surface area (Å²) in [5.74, 6) is 1.96. The van der Waals surface area contributed by atoms with Crippen molar-refractivity contribution in [2.45, 2.75) is 25.2 Å². The first kappa shape index (κ1) is 23.9. The number of nitrogens with zero attached hydrogens (tertiary/aromatic N) is 6. The minimum Gasteiger partial charge on any atom is -0.381 e. The normalized spacial score (nSPS) is 17.2. The van der Waals surface area contributed by atoms with Gasteiger partial charge in [-0.1, -0.05) is 41.9 Å². The molecular formula is C28H29ClN6O2. The molecule has 2 aromatic carbocycles. The van der Waals surface area contributed by atoms with Gasteiger partial charge in [0.25, 0.3) is 5.91 Å². The van der Waals surface area contributed by atoms with Gasteiger partial charge in [-0.2, -0.15) is 5.10 Å². The Morgan fingerprint density at radius 2 is 1.70 bits per heavy atom. The molecule has 2 aromatic heterocycles. The van der Waals surface area contributed by atoms with Gasteiger partial charge in [-0.25, -0.2) is 14.6 Å². The number of para-hydroxylation sites is 1. The van der Waals surface area contributed by atoms with Gasteiger partial charge in [-0.05, 0) is 43.5 Å². The summed E-state index contributed by atoms with van der Waals surface area (Å²) >= 11 is 6.32. The maximum atomic E-state index is 13.2. The summed E-state index contributed by atoms with van der Waals surface area (Å²) in [4.78, 5) is 27.6. The van der Waals surface area contributed by atoms with Crippen LogP contribution in [0.25, 0.3) is 16.7 Å². The average Bonchev–Trinajstić information content (AvgIpc) is 3.22. The highest BCUT2D eigenvalue weighted by Crippen LogP contribution is 2.32. The Labute approximate surface area is 220 Å². The standard InChI is InChI=1S/C28H29ClN6O2/c29-24-10-5-4-9-22(24)28(36)34-14-6-13-33(15-16-34)26-23-19-30-35(21-7-2-1-3-8-21)27(23)32-25(31-26)20-11-17-37-18-12-20/h1-5,7-10,19-20H,6,11-18H2. The number of benzene rings is 2. The summed E-state index contributed by atoms with van der Waals surface area (Å²) in [6.07, 6.45) is 4.51. The molecule has 2 aliphatic rings. The lowest BCUT2D eigenvalue weighted by Crippen LogP contribution is -2.35. The van der Waals surface area contributed by atoms with Gasteiger partial charge < -0.3 is 14.5 Å². The molecular weight excluding hydrogens is 488 g/mol. The molecule has 0 unspecified atom stereocenters. The van der Waals surface area contributed by atoms with E-state index in [-0.39, 0.29) is 11.8 Å². The van der Waals surface area contributed by atoms with E-state index in [9.17, 15) is 4.79 Å². The number of carbonyl (C=O) groups excluding carboxylic acids is 1. The molecule has 6 rings (SSSR count). The van der Waals surface area contributed by atoms with Gasteiger partial charge >= 0.3 is 0 Å². The van der Waals surface area contributed by atoms with Crippen molar-refractivity contribution >= 4 is 34.4 Å². The zero-order chi connectivity index (χ0) is 25.2. The lowest BCUT2D eigenvalue weighted by atomic mass is 9.99. The van der Waals surface area contributed by atoms with Gasteiger partial charge in [0.2, 0.25) is 0 Å². The topological polar surface area (TPSA) is 76.4 Å². The summed E-state index contributed by atoms with van der Waals surface area (Å²) in [6.45, 7) is 4.18. The van der Waals surface area contributed by atoms with Crippen molar-refractivity contribution in [2.24, 2.45) is 0 Å². The largest absolute Gasteiger partial charge is 0.381 e. The first-order valence-electron chi connectivity index (χ1n) is 12.9. The van der Waals surface area contributed by atoms with Crippen LogP contribution in [0.4, 0.5) is 5.82 Å². The Balaban J connectivity index is 1.34. The van der Waals surface area contributed by atoms with E-state index in [1.165, 1.54) is 0 Å². The fourth-order valence-electron chi connectivity index (χ4n) is 5.18. The molecule has 2 fully saturated rings. The zero-order valence-corrected chi connectivity index (χ0v) is 21.3. The van der Waals surface area contributed by atoms with Crippen molar-refractivity contribution in [3.8, 4) is 5.69 Å². The van der Waals surface area contributed by atoms with Crippen LogP contribution < -0.4 is 4.90 Å². The van der Waals surface area contributed by atoms with Crippen LogP contribution in [0.5, 0.6) is 0 Å². The van der Waals surface area contributed by atoms with Gasteiger partial charge in [0.05, 0.1) is 27.9 Å². The molecule has 2 saturated heterocycles. The summed E-state index contributed by atoms with van der Waals surface area (Å²) in [6, 6.07) is 17.3. The molecule has 0 N–H and O–H groups in total. The van der Waals surface area contributed by atoms with E-state index in [1.807, 2.05) is 58.2 Å². The number of hydrogen-bond acceptors (Lipinski definition) is 6. The quantitative estimate of drug-likeness (QED) is 0.391. The van der Waals surface area contributed by atoms with Crippen molar-refractivity contribution in [3.05, 3.63) is 77.2 Å². The number of hydrogen-bond donors (Lipinski definition) is 0. The van der Waals surface area contributed by atoms with E-state index < -0.39 is 0 Å². The molecule has 0 saturated carbocycles. The van der Waals surface area contributed by atoms with Crippen LogP contribution in [0.15, 0.2) is 60.8 Å². The lowest BCUT2D eigenvalue weighted by Gasteiger charge is -2.26. The average molecular weight is 517 g/mol. The monoisotopic (exact) mass is 516 g/mol. The van der Waals surface area contributed by atoms with Crippen LogP contribution in [-0.2, 0) is 4.74 Å². The third kappa shape index (κ3) is 4.79. The molecule has 0 radical (unpaired) electrons. The van der Waals surface area contributed by atoms with E-state index in [2.05, 4.69) is 4.90 Å². The van der Waals surface area contributed by atoms with Crippen LogP contribution in [-0.4, -0.2) is 69.9 Å². The molecule has 1 amide bonds. The molecule has 0 aliphatic carbocycles. The highest BCUT2D eigenvalue weighted by atomic mass is 35.5. The number of ether oxygens (including phenoxy) is 1. The van der Waals surface area contributed by atoms with Crippen LogP contribution in [0, 0.1) is 0 Å². The van der Waals surface area contributed by atoms with Crippen molar-refractivity contribution in [3.63, 3.8) is 0 Å². The van der Waals surface area contributed by atoms with Crippen LogP contribution >= 0.6 is 11.6 Å². The number of rotatable bonds is 4. The Kier molecular flexibility index (Phi) is 6.76. The summed E-state index contributed by atoms with van der Waals surface area (Å²) in [5, 5.41) is 6.12. The Morgan fingerprint density at radius 1 is 0.919 bits per heavy atom. The molecule has 9 heteroatoms. The van der Waals surface area contributed by atoms with Crippen LogP contribution in [0.3, 0.4) is 0 Å². The molecule has 4 heterocycles. The number of aromatic nitrogens is 4. The molecule has 8 nitrogen and oxygen atoms in total. The summed E-state index contributed by atoms with van der Waals surface area (Å²) in [5.41, 5.74) is 2.33. The van der Waals surface area contributed by atoms with Gasteiger partial charge in [0.15, 0.2) is 5.65 Å². The van der Waals surface area contributed by atoms with Crippen molar-refractivity contribution in [1.29, 1.82) is 0 Å². The highest BCUT2D eigenvalue weighted by Gasteiger charge is 2.27. The first-order valence-corrected chi connectivity index (χ1v) is 13.2. The van der Waals surface area contributed by atoms with Crippen molar-refractivity contribution in [2.75, 3.05) is 44.3 Å². The van der Waals surface area contributed by atoms with E-state index in [0.717, 1.165) is 67.4 Å². The second-order valence-electron chi connectivity index (χ2n) is 9.53. The molecule has 0 spiro atoms. The van der Waals surface area contributed by atoms with Gasteiger partial charge in [0, 0.05) is 45.3 Å². The van der Waals surface area contributed by atoms with Crippen molar-refractivity contribution < 1.29 is 9.53 Å². The fourth-order valence-corrected chi connectivity index (χ4v) is 5.40. The van der Waals surface area contributed by atoms with Gasteiger partial charge in [-0.15, -0.1) is 0 Å². The van der Waals surface area contributed by atoms with E-state index in [1.54, 1.807) is 12.1 Å². The molecule has 0 atom stereocenters. The Hall–Kier alpha value is -3.49. The second kappa shape index (κ2) is 10.5. The first-order chi connectivity index (χ1) is 18.2. The fraction of sp³-hybridized carbons (Fsp3) is 0.357. The number of carbonyl (C=O) groups is 1. The molecule has 2 aliphatic heterocycles. The lowest BCUT2D eigenvalue weighted by molar-refractivity contribution is 0.0767. The molecule has 37 heavy (non-hydrogen) atoms. The van der Waals surface area contributed by atoms with Crippen LogP contribution in [0.2, 0.25) is 5.02 Å². The van der Waals surface area contributed by atoms with Crippen LogP contribution in [0.1, 0.15) is 41.4 Å². The SMILES string of the molecule is O=C(c1ccccc1Cl)N1CCCN(c2nc(C3CCOCC3)nc3c2cnn3-c2ccccc2)CC1. The predicted octanol–water partition coefficient (Wildman–Crippen LogP) is 4.72. The minimum atomic E-state index is -0.0277. The maximum Gasteiger partial charge on any atom is 0.255 e. The smallest absolute Gasteiger partial charge is 0.255 e. The van der Waals surface area contributed by atoms with Crippen molar-refractivity contribution in [1.82, 2.24) is 24.6 Å². The Bertz CT molecular complexity index is 1400. The molecule has 190 valence electrons. The number of amides is 1. The number of anilines is 1. The zero-order valence-electron chi connectivity index (χ0n) is 20.6. The number of fused-ring (bicyclic) bond motifs is 1. The predicted molar refractivity (Wildman–Crippen MR) is 144 cm³/mol. The maximum absolute atomic E-state index is 13.2. The highest BCUT2D eigenvalue weighted by molar-refractivity contribution is 6.33. The Morgan fingerprint density at radius 3 is 2.51 bits per heavy atom. The van der Waals surface area contributed by atoms with E-state index >= 15 is 0 Å². The third-order valence-electron chi connectivity index (χ3n) is 7.20. The number of halogens is 1. The van der Waals surface area contributed by atoms with Gasteiger partial charge in [-0.3, -0.25) is 4.79 Å². The second-order valence-corrected chi connectivity index (χ2v) is 9.94. The minimum absolute atomic E-state index is 0.0277. The molecule has 4 aromatic rings. The third-order valence-corrected chi connectivity index (χ3v) is 7.53. The summed E-state index contributed by atoms with van der Waals surface area (Å²) in [7, 11) is 0. The van der Waals surface area contributed by atoms with E-state index in [0.29, 0.717) is 30.2 Å². The summed E-state index contributed by atoms with van der Waals surface area (Å²) < 4.78 is 7.50. The molecule has 0 bridgehead atoms. The van der Waals surface area contributed by atoms with E-state index in [4.69, 9.17) is 31.4 Å². The van der Waals surface area contributed by atoms with Gasteiger partial charge in [0.1, 0.15) is 11.6 Å².